The molecule has 1 heterocycles. The Bertz CT molecular complexity index is 461. The maximum Gasteiger partial charge on any atom is 0.405 e. The third-order valence-electron chi connectivity index (χ3n) is 2.36. The first-order valence-corrected chi connectivity index (χ1v) is 5.44. The molecule has 0 saturated heterocycles. The molecule has 16 heavy (non-hydrogen) atoms. The van der Waals surface area contributed by atoms with Crippen molar-refractivity contribution >= 4 is 33.6 Å². The van der Waals surface area contributed by atoms with E-state index in [1.165, 1.54) is 0 Å². The van der Waals surface area contributed by atoms with Gasteiger partial charge in [-0.1, -0.05) is 15.9 Å². The summed E-state index contributed by atoms with van der Waals surface area (Å²) in [7, 11) is 0. The number of amides is 2. The van der Waals surface area contributed by atoms with Crippen LogP contribution in [0.3, 0.4) is 0 Å². The van der Waals surface area contributed by atoms with Gasteiger partial charge in [-0.2, -0.15) is 0 Å². The van der Waals surface area contributed by atoms with Gasteiger partial charge in [0.05, 0.1) is 0 Å². The number of anilines is 1. The van der Waals surface area contributed by atoms with Crippen molar-refractivity contribution in [3.63, 3.8) is 0 Å². The van der Waals surface area contributed by atoms with E-state index < -0.39 is 12.1 Å². The van der Waals surface area contributed by atoms with Crippen LogP contribution < -0.4 is 10.6 Å². The van der Waals surface area contributed by atoms with Crippen LogP contribution in [0.1, 0.15) is 5.56 Å². The Labute approximate surface area is 100.0 Å². The van der Waals surface area contributed by atoms with Gasteiger partial charge in [-0.15, -0.1) is 0 Å². The van der Waals surface area contributed by atoms with E-state index in [-0.39, 0.29) is 5.91 Å². The molecule has 1 aromatic carbocycles. The van der Waals surface area contributed by atoms with E-state index in [4.69, 9.17) is 5.11 Å². The van der Waals surface area contributed by atoms with E-state index in [2.05, 4.69) is 26.6 Å². The van der Waals surface area contributed by atoms with E-state index in [1.54, 1.807) is 6.07 Å². The van der Waals surface area contributed by atoms with E-state index in [0.717, 1.165) is 15.7 Å². The number of hydrogen-bond acceptors (Lipinski definition) is 2. The van der Waals surface area contributed by atoms with Gasteiger partial charge in [-0.25, -0.2) is 4.79 Å². The Hall–Kier alpha value is -1.56. The molecule has 1 aliphatic rings. The van der Waals surface area contributed by atoms with Crippen molar-refractivity contribution in [3.8, 4) is 0 Å². The molecule has 3 N–H and O–H groups in total. The SMILES string of the molecule is O=C(O)N[C@H]1Cc2cc(Br)ccc2NC1=O. The largest absolute Gasteiger partial charge is 0.465 e. The lowest BCUT2D eigenvalue weighted by atomic mass is 9.99. The van der Waals surface area contributed by atoms with Gasteiger partial charge in [0.15, 0.2) is 0 Å². The van der Waals surface area contributed by atoms with Crippen LogP contribution in [-0.2, 0) is 11.2 Å². The number of carboxylic acid groups (broad SMARTS) is 1. The molecule has 5 nitrogen and oxygen atoms in total. The third kappa shape index (κ3) is 2.16. The molecule has 0 unspecified atom stereocenters. The smallest absolute Gasteiger partial charge is 0.405 e. The average Bonchev–Trinajstić information content (AvgIpc) is 2.19. The summed E-state index contributed by atoms with van der Waals surface area (Å²) in [4.78, 5) is 22.0. The summed E-state index contributed by atoms with van der Waals surface area (Å²) >= 11 is 3.33. The Balaban J connectivity index is 2.26. The molecular formula is C10H9BrN2O3. The second-order valence-corrected chi connectivity index (χ2v) is 4.41. The minimum Gasteiger partial charge on any atom is -0.465 e. The van der Waals surface area contributed by atoms with Gasteiger partial charge >= 0.3 is 6.09 Å². The van der Waals surface area contributed by atoms with Crippen LogP contribution in [0, 0.1) is 0 Å². The zero-order valence-corrected chi connectivity index (χ0v) is 9.74. The zero-order chi connectivity index (χ0) is 11.7. The predicted octanol–water partition coefficient (Wildman–Crippen LogP) is 1.58. The van der Waals surface area contributed by atoms with Crippen molar-refractivity contribution in [2.24, 2.45) is 0 Å². The van der Waals surface area contributed by atoms with Crippen molar-refractivity contribution < 1.29 is 14.7 Å². The minimum atomic E-state index is -1.20. The lowest BCUT2D eigenvalue weighted by Crippen LogP contribution is -2.47. The highest BCUT2D eigenvalue weighted by molar-refractivity contribution is 9.10. The number of halogens is 1. The quantitative estimate of drug-likeness (QED) is 0.733. The number of nitrogens with one attached hydrogen (secondary N) is 2. The second kappa shape index (κ2) is 4.13. The molecule has 0 saturated carbocycles. The lowest BCUT2D eigenvalue weighted by molar-refractivity contribution is -0.118. The fourth-order valence-electron chi connectivity index (χ4n) is 1.65. The lowest BCUT2D eigenvalue weighted by Gasteiger charge is -2.24. The van der Waals surface area contributed by atoms with Gasteiger partial charge in [0, 0.05) is 16.6 Å². The van der Waals surface area contributed by atoms with Crippen LogP contribution in [0.15, 0.2) is 22.7 Å². The van der Waals surface area contributed by atoms with Crippen molar-refractivity contribution in [2.45, 2.75) is 12.5 Å². The molecule has 0 fully saturated rings. The van der Waals surface area contributed by atoms with Gasteiger partial charge in [0.25, 0.3) is 0 Å². The Kier molecular flexibility index (Phi) is 2.82. The number of carbonyl (C=O) groups excluding carboxylic acids is 1. The van der Waals surface area contributed by atoms with Gasteiger partial charge in [0.1, 0.15) is 6.04 Å². The Morgan fingerprint density at radius 1 is 1.56 bits per heavy atom. The Morgan fingerprint density at radius 3 is 3.00 bits per heavy atom. The molecule has 84 valence electrons. The molecule has 0 aliphatic carbocycles. The predicted molar refractivity (Wildman–Crippen MR) is 61.4 cm³/mol. The molecule has 1 atom stereocenters. The minimum absolute atomic E-state index is 0.322. The summed E-state index contributed by atoms with van der Waals surface area (Å²) < 4.78 is 0.900. The summed E-state index contributed by atoms with van der Waals surface area (Å²) in [5.74, 6) is -0.322. The van der Waals surface area contributed by atoms with Crippen molar-refractivity contribution in [1.29, 1.82) is 0 Å². The summed E-state index contributed by atoms with van der Waals surface area (Å²) in [6.07, 6.45) is -0.828. The number of carbonyl (C=O) groups is 2. The van der Waals surface area contributed by atoms with Crippen molar-refractivity contribution in [1.82, 2.24) is 5.32 Å². The fourth-order valence-corrected chi connectivity index (χ4v) is 2.06. The van der Waals surface area contributed by atoms with Gasteiger partial charge in [-0.05, 0) is 23.8 Å². The monoisotopic (exact) mass is 284 g/mol. The van der Waals surface area contributed by atoms with E-state index in [9.17, 15) is 9.59 Å². The summed E-state index contributed by atoms with van der Waals surface area (Å²) in [5.41, 5.74) is 1.64. The van der Waals surface area contributed by atoms with Crippen LogP contribution in [-0.4, -0.2) is 23.1 Å². The molecule has 1 aliphatic heterocycles. The number of fused-ring (bicyclic) bond motifs is 1. The highest BCUT2D eigenvalue weighted by Gasteiger charge is 2.27. The van der Waals surface area contributed by atoms with Crippen LogP contribution in [0.2, 0.25) is 0 Å². The molecule has 0 bridgehead atoms. The van der Waals surface area contributed by atoms with E-state index >= 15 is 0 Å². The van der Waals surface area contributed by atoms with Crippen molar-refractivity contribution in [2.75, 3.05) is 5.32 Å². The summed E-state index contributed by atoms with van der Waals surface area (Å²) in [6.45, 7) is 0. The second-order valence-electron chi connectivity index (χ2n) is 3.50. The highest BCUT2D eigenvalue weighted by atomic mass is 79.9. The molecule has 0 aromatic heterocycles. The molecule has 2 rings (SSSR count). The summed E-state index contributed by atoms with van der Waals surface area (Å²) in [6, 6.07) is 4.75. The first kappa shape index (κ1) is 10.9. The molecule has 1 aromatic rings. The van der Waals surface area contributed by atoms with E-state index in [0.29, 0.717) is 6.42 Å². The van der Waals surface area contributed by atoms with Crippen LogP contribution >= 0.6 is 15.9 Å². The highest BCUT2D eigenvalue weighted by Crippen LogP contribution is 2.25. The maximum absolute atomic E-state index is 11.5. The molecular weight excluding hydrogens is 276 g/mol. The van der Waals surface area contributed by atoms with E-state index in [1.807, 2.05) is 12.1 Å². The van der Waals surface area contributed by atoms with Gasteiger partial charge in [-0.3, -0.25) is 4.79 Å². The molecule has 2 amide bonds. The van der Waals surface area contributed by atoms with Crippen LogP contribution in [0.25, 0.3) is 0 Å². The number of benzene rings is 1. The zero-order valence-electron chi connectivity index (χ0n) is 8.16. The first-order chi connectivity index (χ1) is 7.56. The van der Waals surface area contributed by atoms with Gasteiger partial charge < -0.3 is 15.7 Å². The standard InChI is InChI=1S/C10H9BrN2O3/c11-6-1-2-7-5(3-6)4-8(9(14)12-7)13-10(15)16/h1-3,8,13H,4H2,(H,12,14)(H,15,16)/t8-/m0/s1. The number of hydrogen-bond donors (Lipinski definition) is 3. The molecule has 6 heteroatoms. The first-order valence-electron chi connectivity index (χ1n) is 4.65. The summed E-state index contributed by atoms with van der Waals surface area (Å²) in [5, 5.41) is 13.4. The maximum atomic E-state index is 11.5. The van der Waals surface area contributed by atoms with Crippen LogP contribution in [0.4, 0.5) is 10.5 Å². The third-order valence-corrected chi connectivity index (χ3v) is 2.86. The molecule has 0 spiro atoms. The topological polar surface area (TPSA) is 78.4 Å². The van der Waals surface area contributed by atoms with Crippen LogP contribution in [0.5, 0.6) is 0 Å². The fraction of sp³-hybridized carbons (Fsp3) is 0.200. The van der Waals surface area contributed by atoms with Crippen molar-refractivity contribution in [3.05, 3.63) is 28.2 Å². The molecule has 0 radical (unpaired) electrons. The number of rotatable bonds is 1. The Morgan fingerprint density at radius 2 is 2.31 bits per heavy atom. The normalized spacial score (nSPS) is 18.6. The van der Waals surface area contributed by atoms with Gasteiger partial charge in [0.2, 0.25) is 5.91 Å². The average molecular weight is 285 g/mol.